The van der Waals surface area contributed by atoms with Crippen molar-refractivity contribution in [2.24, 2.45) is 0 Å². The molecule has 0 saturated carbocycles. The molecule has 0 aliphatic rings. The van der Waals surface area contributed by atoms with E-state index in [-0.39, 0.29) is 22.1 Å². The summed E-state index contributed by atoms with van der Waals surface area (Å²) in [6.07, 6.45) is 1.30. The first kappa shape index (κ1) is 16.4. The number of benzene rings is 1. The van der Waals surface area contributed by atoms with Crippen molar-refractivity contribution in [3.63, 3.8) is 0 Å². The maximum absolute atomic E-state index is 11.9. The van der Waals surface area contributed by atoms with Gasteiger partial charge >= 0.3 is 4.87 Å². The largest absolute Gasteiger partial charge is 0.326 e. The fourth-order valence-electron chi connectivity index (χ4n) is 1.90. The molecule has 0 saturated heterocycles. The molecule has 2 rings (SSSR count). The molecule has 0 spiro atoms. The fourth-order valence-corrected chi connectivity index (χ4v) is 3.29. The molecule has 8 heteroatoms. The van der Waals surface area contributed by atoms with E-state index in [1.807, 2.05) is 6.92 Å². The summed E-state index contributed by atoms with van der Waals surface area (Å²) in [6, 6.07) is 5.96. The van der Waals surface area contributed by atoms with E-state index in [0.29, 0.717) is 12.2 Å². The zero-order valence-electron chi connectivity index (χ0n) is 12.2. The minimum atomic E-state index is -3.25. The number of anilines is 1. The van der Waals surface area contributed by atoms with Crippen molar-refractivity contribution in [1.82, 2.24) is 4.57 Å². The van der Waals surface area contributed by atoms with Gasteiger partial charge in [0, 0.05) is 36.0 Å². The number of amides is 1. The monoisotopic (exact) mass is 340 g/mol. The molecule has 1 aromatic heterocycles. The highest BCUT2D eigenvalue weighted by Crippen LogP contribution is 2.14. The minimum Gasteiger partial charge on any atom is -0.326 e. The van der Waals surface area contributed by atoms with Gasteiger partial charge in [-0.3, -0.25) is 9.59 Å². The van der Waals surface area contributed by atoms with Gasteiger partial charge in [-0.2, -0.15) is 0 Å². The standard InChI is InChI=1S/C14H16N2O4S2/c1-10-9-21-14(18)16(10)8-7-13(17)15-11-3-5-12(6-4-11)22(2,19)20/h3-6,9H,7-8H2,1-2H3,(H,15,17). The normalized spacial score (nSPS) is 11.4. The lowest BCUT2D eigenvalue weighted by molar-refractivity contribution is -0.116. The zero-order valence-corrected chi connectivity index (χ0v) is 13.8. The molecule has 1 N–H and O–H groups in total. The molecule has 1 amide bonds. The van der Waals surface area contributed by atoms with Crippen LogP contribution in [0.15, 0.2) is 39.3 Å². The number of nitrogens with zero attached hydrogens (tertiary/aromatic N) is 1. The Balaban J connectivity index is 1.96. The number of thiazole rings is 1. The molecule has 0 radical (unpaired) electrons. The van der Waals surface area contributed by atoms with Crippen molar-refractivity contribution in [2.45, 2.75) is 24.8 Å². The summed E-state index contributed by atoms with van der Waals surface area (Å²) >= 11 is 1.11. The minimum absolute atomic E-state index is 0.0807. The third-order valence-electron chi connectivity index (χ3n) is 3.11. The van der Waals surface area contributed by atoms with Crippen LogP contribution in [-0.2, 0) is 21.2 Å². The SMILES string of the molecule is Cc1csc(=O)n1CCC(=O)Nc1ccc(S(C)(=O)=O)cc1. The van der Waals surface area contributed by atoms with Crippen LogP contribution in [0, 0.1) is 6.92 Å². The van der Waals surface area contributed by atoms with Crippen molar-refractivity contribution in [3.8, 4) is 0 Å². The van der Waals surface area contributed by atoms with Crippen LogP contribution in [-0.4, -0.2) is 25.1 Å². The molecule has 0 bridgehead atoms. The van der Waals surface area contributed by atoms with Gasteiger partial charge in [0.2, 0.25) is 5.91 Å². The van der Waals surface area contributed by atoms with E-state index >= 15 is 0 Å². The van der Waals surface area contributed by atoms with Crippen molar-refractivity contribution >= 4 is 32.8 Å². The number of hydrogen-bond donors (Lipinski definition) is 1. The molecular formula is C14H16N2O4S2. The van der Waals surface area contributed by atoms with Crippen LogP contribution in [0.3, 0.4) is 0 Å². The van der Waals surface area contributed by atoms with Crippen molar-refractivity contribution < 1.29 is 13.2 Å². The molecule has 2 aromatic rings. The Morgan fingerprint density at radius 3 is 2.41 bits per heavy atom. The second-order valence-corrected chi connectivity index (χ2v) is 7.73. The maximum atomic E-state index is 11.9. The van der Waals surface area contributed by atoms with E-state index in [1.165, 1.54) is 24.3 Å². The third kappa shape index (κ3) is 4.05. The summed E-state index contributed by atoms with van der Waals surface area (Å²) in [5.41, 5.74) is 1.35. The predicted octanol–water partition coefficient (Wildman–Crippen LogP) is 1.65. The Morgan fingerprint density at radius 2 is 1.91 bits per heavy atom. The first-order chi connectivity index (χ1) is 10.3. The molecule has 0 atom stereocenters. The van der Waals surface area contributed by atoms with Gasteiger partial charge in [0.15, 0.2) is 9.84 Å². The number of nitrogens with one attached hydrogen (secondary N) is 1. The summed E-state index contributed by atoms with van der Waals surface area (Å²) in [5, 5.41) is 4.43. The van der Waals surface area contributed by atoms with Gasteiger partial charge in [-0.25, -0.2) is 8.42 Å². The molecule has 0 aliphatic heterocycles. The predicted molar refractivity (Wildman–Crippen MR) is 86.1 cm³/mol. The van der Waals surface area contributed by atoms with Crippen LogP contribution in [0.5, 0.6) is 0 Å². The molecule has 0 aliphatic carbocycles. The van der Waals surface area contributed by atoms with Gasteiger partial charge in [0.1, 0.15) is 0 Å². The Labute approximate surface area is 132 Å². The lowest BCUT2D eigenvalue weighted by Crippen LogP contribution is -2.20. The van der Waals surface area contributed by atoms with Crippen LogP contribution in [0.2, 0.25) is 0 Å². The van der Waals surface area contributed by atoms with Gasteiger partial charge in [-0.1, -0.05) is 11.3 Å². The number of aromatic nitrogens is 1. The number of carbonyl (C=O) groups is 1. The van der Waals surface area contributed by atoms with Crippen LogP contribution in [0.1, 0.15) is 12.1 Å². The average molecular weight is 340 g/mol. The molecule has 1 heterocycles. The second kappa shape index (κ2) is 6.45. The first-order valence-electron chi connectivity index (χ1n) is 6.52. The van der Waals surface area contributed by atoms with Gasteiger partial charge in [0.25, 0.3) is 0 Å². The number of carbonyl (C=O) groups excluding carboxylic acids is 1. The highest BCUT2D eigenvalue weighted by Gasteiger charge is 2.09. The summed E-state index contributed by atoms with van der Waals surface area (Å²) < 4.78 is 24.2. The summed E-state index contributed by atoms with van der Waals surface area (Å²) in [6.45, 7) is 2.14. The molecule has 0 fully saturated rings. The van der Waals surface area contributed by atoms with E-state index in [1.54, 1.807) is 9.95 Å². The number of hydrogen-bond acceptors (Lipinski definition) is 5. The third-order valence-corrected chi connectivity index (χ3v) is 5.11. The van der Waals surface area contributed by atoms with E-state index in [4.69, 9.17) is 0 Å². The summed E-state index contributed by atoms with van der Waals surface area (Å²) in [7, 11) is -3.25. The number of aryl methyl sites for hydroxylation is 1. The Morgan fingerprint density at radius 1 is 1.27 bits per heavy atom. The van der Waals surface area contributed by atoms with Crippen LogP contribution < -0.4 is 10.2 Å². The van der Waals surface area contributed by atoms with Gasteiger partial charge < -0.3 is 9.88 Å². The molecule has 6 nitrogen and oxygen atoms in total. The summed E-state index contributed by atoms with van der Waals surface area (Å²) in [4.78, 5) is 23.5. The van der Waals surface area contributed by atoms with Crippen LogP contribution >= 0.6 is 11.3 Å². The summed E-state index contributed by atoms with van der Waals surface area (Å²) in [5.74, 6) is -0.232. The quantitative estimate of drug-likeness (QED) is 0.897. The highest BCUT2D eigenvalue weighted by atomic mass is 32.2. The fraction of sp³-hybridized carbons (Fsp3) is 0.286. The zero-order chi connectivity index (χ0) is 16.3. The highest BCUT2D eigenvalue weighted by molar-refractivity contribution is 7.90. The van der Waals surface area contributed by atoms with Crippen LogP contribution in [0.25, 0.3) is 0 Å². The number of rotatable bonds is 5. The second-order valence-electron chi connectivity index (χ2n) is 4.89. The first-order valence-corrected chi connectivity index (χ1v) is 9.29. The van der Waals surface area contributed by atoms with E-state index < -0.39 is 9.84 Å². The topological polar surface area (TPSA) is 85.2 Å². The molecule has 0 unspecified atom stereocenters. The Kier molecular flexibility index (Phi) is 4.82. The van der Waals surface area contributed by atoms with E-state index in [0.717, 1.165) is 23.3 Å². The lowest BCUT2D eigenvalue weighted by Gasteiger charge is -2.07. The van der Waals surface area contributed by atoms with Gasteiger partial charge in [0.05, 0.1) is 4.90 Å². The van der Waals surface area contributed by atoms with Gasteiger partial charge in [-0.05, 0) is 31.2 Å². The molecule has 1 aromatic carbocycles. The van der Waals surface area contributed by atoms with Crippen molar-refractivity contribution in [3.05, 3.63) is 45.0 Å². The number of sulfone groups is 1. The van der Waals surface area contributed by atoms with Gasteiger partial charge in [-0.15, -0.1) is 0 Å². The Hall–Kier alpha value is -1.93. The lowest BCUT2D eigenvalue weighted by atomic mass is 10.3. The van der Waals surface area contributed by atoms with Crippen LogP contribution in [0.4, 0.5) is 5.69 Å². The van der Waals surface area contributed by atoms with Crippen molar-refractivity contribution in [2.75, 3.05) is 11.6 Å². The average Bonchev–Trinajstić information content (AvgIpc) is 2.75. The molecule has 22 heavy (non-hydrogen) atoms. The maximum Gasteiger partial charge on any atom is 0.307 e. The van der Waals surface area contributed by atoms with E-state index in [9.17, 15) is 18.0 Å². The van der Waals surface area contributed by atoms with Crippen molar-refractivity contribution in [1.29, 1.82) is 0 Å². The Bertz CT molecular complexity index is 832. The van der Waals surface area contributed by atoms with E-state index in [2.05, 4.69) is 5.32 Å². The molecule has 118 valence electrons. The smallest absolute Gasteiger partial charge is 0.307 e. The molecular weight excluding hydrogens is 324 g/mol.